The topological polar surface area (TPSA) is 26.0 Å². The Labute approximate surface area is 122 Å². The van der Waals surface area contributed by atoms with Crippen molar-refractivity contribution in [3.63, 3.8) is 0 Å². The van der Waals surface area contributed by atoms with Gasteiger partial charge in [-0.2, -0.15) is 12.6 Å². The molecule has 1 heterocycles. The minimum absolute atomic E-state index is 0.213. The van der Waals surface area contributed by atoms with E-state index in [9.17, 15) is 0 Å². The maximum atomic E-state index is 6.24. The molecule has 0 aliphatic carbocycles. The minimum Gasteiger partial charge on any atom is -0.321 e. The molecule has 0 spiro atoms. The van der Waals surface area contributed by atoms with Crippen molar-refractivity contribution in [2.75, 3.05) is 5.75 Å². The van der Waals surface area contributed by atoms with Gasteiger partial charge in [-0.05, 0) is 55.9 Å². The van der Waals surface area contributed by atoms with Crippen LogP contribution in [-0.2, 0) is 17.4 Å². The average Bonchev–Trinajstić information content (AvgIpc) is 2.61. The second-order valence-electron chi connectivity index (χ2n) is 6.62. The highest BCUT2D eigenvalue weighted by Gasteiger charge is 2.25. The molecule has 0 unspecified atom stereocenters. The summed E-state index contributed by atoms with van der Waals surface area (Å²) in [7, 11) is 0. The molecule has 0 aromatic carbocycles. The Morgan fingerprint density at radius 1 is 1.17 bits per heavy atom. The Balaban J connectivity index is 3.02. The van der Waals surface area contributed by atoms with Crippen LogP contribution in [0.4, 0.5) is 0 Å². The summed E-state index contributed by atoms with van der Waals surface area (Å²) in [5.41, 5.74) is 7.71. The molecule has 0 aliphatic heterocycles. The van der Waals surface area contributed by atoms with Crippen molar-refractivity contribution < 1.29 is 0 Å². The summed E-state index contributed by atoms with van der Waals surface area (Å²) >= 11 is 6.17. The third-order valence-corrected chi connectivity index (χ3v) is 5.24. The zero-order chi connectivity index (χ0) is 14.0. The van der Waals surface area contributed by atoms with Crippen LogP contribution in [0, 0.1) is 0 Å². The first-order valence-electron chi connectivity index (χ1n) is 6.69. The lowest BCUT2D eigenvalue weighted by atomic mass is 9.89. The lowest BCUT2D eigenvalue weighted by Crippen LogP contribution is -2.27. The Bertz CT molecular complexity index is 380. The standard InChI is InChI=1S/C15H27NS2/c1-14(2,3)13-11(8-6-7-9-17)10-12(18-13)15(4,5)16/h10,17H,6-9,16H2,1-5H3. The van der Waals surface area contributed by atoms with Gasteiger partial charge in [-0.15, -0.1) is 11.3 Å². The molecule has 2 N–H and O–H groups in total. The second-order valence-corrected chi connectivity index (χ2v) is 8.12. The van der Waals surface area contributed by atoms with Gasteiger partial charge in [-0.1, -0.05) is 20.8 Å². The minimum atomic E-state index is -0.230. The average molecular weight is 286 g/mol. The molecule has 0 amide bonds. The van der Waals surface area contributed by atoms with Gasteiger partial charge in [0.15, 0.2) is 0 Å². The third-order valence-electron chi connectivity index (χ3n) is 2.98. The zero-order valence-electron chi connectivity index (χ0n) is 12.3. The van der Waals surface area contributed by atoms with Crippen LogP contribution in [0.3, 0.4) is 0 Å². The fraction of sp³-hybridized carbons (Fsp3) is 0.733. The van der Waals surface area contributed by atoms with Gasteiger partial charge in [0.05, 0.1) is 0 Å². The molecule has 0 radical (unpaired) electrons. The van der Waals surface area contributed by atoms with Gasteiger partial charge >= 0.3 is 0 Å². The highest BCUT2D eigenvalue weighted by atomic mass is 32.1. The monoisotopic (exact) mass is 285 g/mol. The SMILES string of the molecule is CC(C)(C)c1sc(C(C)(C)N)cc1CCCCS. The maximum absolute atomic E-state index is 6.24. The number of hydrogen-bond donors (Lipinski definition) is 2. The number of aryl methyl sites for hydroxylation is 1. The maximum Gasteiger partial charge on any atom is 0.0446 e. The number of thiophene rings is 1. The van der Waals surface area contributed by atoms with Crippen LogP contribution in [0.25, 0.3) is 0 Å². The molecule has 0 atom stereocenters. The van der Waals surface area contributed by atoms with Crippen LogP contribution >= 0.6 is 24.0 Å². The quantitative estimate of drug-likeness (QED) is 0.605. The summed E-state index contributed by atoms with van der Waals surface area (Å²) in [6.07, 6.45) is 3.55. The molecular formula is C15H27NS2. The van der Waals surface area contributed by atoms with Crippen LogP contribution in [0.1, 0.15) is 62.8 Å². The fourth-order valence-corrected chi connectivity index (χ4v) is 3.50. The van der Waals surface area contributed by atoms with Crippen molar-refractivity contribution in [2.45, 2.75) is 64.8 Å². The van der Waals surface area contributed by atoms with E-state index in [1.54, 1.807) is 0 Å². The van der Waals surface area contributed by atoms with Crippen molar-refractivity contribution in [1.82, 2.24) is 0 Å². The molecule has 0 saturated heterocycles. The summed E-state index contributed by atoms with van der Waals surface area (Å²) < 4.78 is 0. The van der Waals surface area contributed by atoms with E-state index in [0.717, 1.165) is 12.2 Å². The van der Waals surface area contributed by atoms with Crippen LogP contribution in [0.15, 0.2) is 6.07 Å². The van der Waals surface area contributed by atoms with Gasteiger partial charge in [0, 0.05) is 15.3 Å². The van der Waals surface area contributed by atoms with Crippen molar-refractivity contribution in [3.05, 3.63) is 21.4 Å². The molecule has 3 heteroatoms. The van der Waals surface area contributed by atoms with E-state index >= 15 is 0 Å². The summed E-state index contributed by atoms with van der Waals surface area (Å²) in [5, 5.41) is 0. The van der Waals surface area contributed by atoms with Crippen LogP contribution in [0.2, 0.25) is 0 Å². The van der Waals surface area contributed by atoms with E-state index in [1.165, 1.54) is 28.2 Å². The molecule has 1 aromatic heterocycles. The lowest BCUT2D eigenvalue weighted by molar-refractivity contribution is 0.566. The molecule has 1 rings (SSSR count). The Hall–Kier alpha value is 0.01000. The number of unbranched alkanes of at least 4 members (excludes halogenated alkanes) is 1. The summed E-state index contributed by atoms with van der Waals surface area (Å²) in [6, 6.07) is 2.32. The van der Waals surface area contributed by atoms with E-state index in [0.29, 0.717) is 0 Å². The first-order valence-corrected chi connectivity index (χ1v) is 8.14. The van der Waals surface area contributed by atoms with Crippen molar-refractivity contribution in [1.29, 1.82) is 0 Å². The van der Waals surface area contributed by atoms with Crippen LogP contribution < -0.4 is 5.73 Å². The van der Waals surface area contributed by atoms with E-state index in [1.807, 2.05) is 11.3 Å². The number of thiol groups is 1. The van der Waals surface area contributed by atoms with Gasteiger partial charge in [-0.25, -0.2) is 0 Å². The highest BCUT2D eigenvalue weighted by Crippen LogP contribution is 2.37. The predicted octanol–water partition coefficient (Wildman–Crippen LogP) is 4.49. The normalized spacial score (nSPS) is 13.1. The van der Waals surface area contributed by atoms with Gasteiger partial charge < -0.3 is 5.73 Å². The van der Waals surface area contributed by atoms with Crippen molar-refractivity contribution >= 4 is 24.0 Å². The first kappa shape index (κ1) is 16.1. The molecule has 1 nitrogen and oxygen atoms in total. The van der Waals surface area contributed by atoms with E-state index in [-0.39, 0.29) is 11.0 Å². The number of hydrogen-bond acceptors (Lipinski definition) is 3. The van der Waals surface area contributed by atoms with Gasteiger partial charge in [0.25, 0.3) is 0 Å². The van der Waals surface area contributed by atoms with E-state index in [2.05, 4.69) is 53.3 Å². The Morgan fingerprint density at radius 3 is 2.22 bits per heavy atom. The van der Waals surface area contributed by atoms with Crippen molar-refractivity contribution in [2.24, 2.45) is 5.73 Å². The van der Waals surface area contributed by atoms with Gasteiger partial charge in [-0.3, -0.25) is 0 Å². The number of rotatable bonds is 5. The summed E-state index contributed by atoms with van der Waals surface area (Å²) in [5.74, 6) is 0.976. The molecule has 0 fully saturated rings. The smallest absolute Gasteiger partial charge is 0.0446 e. The van der Waals surface area contributed by atoms with Gasteiger partial charge in [0.2, 0.25) is 0 Å². The Kier molecular flexibility index (Phi) is 5.33. The summed E-state index contributed by atoms with van der Waals surface area (Å²) in [6.45, 7) is 11.0. The molecule has 0 aliphatic rings. The summed E-state index contributed by atoms with van der Waals surface area (Å²) in [4.78, 5) is 2.79. The van der Waals surface area contributed by atoms with E-state index in [4.69, 9.17) is 5.73 Å². The zero-order valence-corrected chi connectivity index (χ0v) is 14.0. The van der Waals surface area contributed by atoms with E-state index < -0.39 is 0 Å². The molecule has 0 bridgehead atoms. The first-order chi connectivity index (χ1) is 8.16. The third kappa shape index (κ3) is 4.29. The fourth-order valence-electron chi connectivity index (χ4n) is 1.99. The van der Waals surface area contributed by atoms with Gasteiger partial charge in [0.1, 0.15) is 0 Å². The molecular weight excluding hydrogens is 258 g/mol. The molecule has 18 heavy (non-hydrogen) atoms. The van der Waals surface area contributed by atoms with Crippen LogP contribution in [0.5, 0.6) is 0 Å². The predicted molar refractivity (Wildman–Crippen MR) is 87.0 cm³/mol. The largest absolute Gasteiger partial charge is 0.321 e. The number of nitrogens with two attached hydrogens (primary N) is 1. The molecule has 1 aromatic rings. The van der Waals surface area contributed by atoms with Crippen LogP contribution in [-0.4, -0.2) is 5.75 Å². The Morgan fingerprint density at radius 2 is 1.78 bits per heavy atom. The van der Waals surface area contributed by atoms with Crippen molar-refractivity contribution in [3.8, 4) is 0 Å². The second kappa shape index (κ2) is 5.98. The molecule has 104 valence electrons. The highest BCUT2D eigenvalue weighted by molar-refractivity contribution is 7.80. The lowest BCUT2D eigenvalue weighted by Gasteiger charge is -2.19. The molecule has 0 saturated carbocycles.